The van der Waals surface area contributed by atoms with Gasteiger partial charge in [0, 0.05) is 9.75 Å². The summed E-state index contributed by atoms with van der Waals surface area (Å²) in [6.07, 6.45) is 7.87. The SMILES string of the molecule is Cc1ncsc1C=C(C(=O)/C=C/c1scnc1C)C(=O)/C=C/c1scnc1C. The zero-order valence-corrected chi connectivity index (χ0v) is 18.0. The summed E-state index contributed by atoms with van der Waals surface area (Å²) in [5.74, 6) is -0.701. The number of hydrogen-bond donors (Lipinski definition) is 0. The first-order valence-electron chi connectivity index (χ1n) is 8.32. The molecule has 0 radical (unpaired) electrons. The minimum absolute atomic E-state index is 0.101. The number of rotatable bonds is 7. The lowest BCUT2D eigenvalue weighted by atomic mass is 10.0. The molecule has 0 aromatic carbocycles. The normalized spacial score (nSPS) is 11.4. The molecule has 0 unspecified atom stereocenters. The van der Waals surface area contributed by atoms with Crippen LogP contribution < -0.4 is 0 Å². The standard InChI is InChI=1S/C20H17N3O2S3/c1-12-18(26-9-21-12)6-4-16(24)15(8-20-14(3)23-11-28-20)17(25)5-7-19-13(2)22-10-27-19/h4-11H,1-3H3/b6-4+,7-5+. The highest BCUT2D eigenvalue weighted by atomic mass is 32.1. The average molecular weight is 428 g/mol. The lowest BCUT2D eigenvalue weighted by Crippen LogP contribution is -2.08. The number of carbonyl (C=O) groups excluding carboxylic acids is 2. The summed E-state index contributed by atoms with van der Waals surface area (Å²) in [5, 5.41) is 0. The van der Waals surface area contributed by atoms with Crippen molar-refractivity contribution in [3.63, 3.8) is 0 Å². The zero-order chi connectivity index (χ0) is 20.1. The number of hydrogen-bond acceptors (Lipinski definition) is 8. The van der Waals surface area contributed by atoms with Crippen LogP contribution in [0.4, 0.5) is 0 Å². The molecule has 0 atom stereocenters. The molecule has 28 heavy (non-hydrogen) atoms. The van der Waals surface area contributed by atoms with Gasteiger partial charge in [0.05, 0.1) is 44.1 Å². The maximum atomic E-state index is 12.8. The van der Waals surface area contributed by atoms with Crippen molar-refractivity contribution in [1.29, 1.82) is 0 Å². The summed E-state index contributed by atoms with van der Waals surface area (Å²) < 4.78 is 0. The molecule has 0 amide bonds. The molecule has 0 saturated carbocycles. The highest BCUT2D eigenvalue weighted by Gasteiger charge is 2.16. The minimum Gasteiger partial charge on any atom is -0.289 e. The van der Waals surface area contributed by atoms with Gasteiger partial charge in [0.2, 0.25) is 0 Å². The lowest BCUT2D eigenvalue weighted by Gasteiger charge is -2.00. The second-order valence-corrected chi connectivity index (χ2v) is 8.52. The van der Waals surface area contributed by atoms with E-state index in [0.717, 1.165) is 31.7 Å². The Hall–Kier alpha value is -2.55. The molecule has 0 aliphatic heterocycles. The number of aromatic nitrogens is 3. The van der Waals surface area contributed by atoms with Gasteiger partial charge in [0.1, 0.15) is 0 Å². The van der Waals surface area contributed by atoms with Crippen molar-refractivity contribution in [2.24, 2.45) is 0 Å². The molecule has 0 N–H and O–H groups in total. The van der Waals surface area contributed by atoms with Gasteiger partial charge < -0.3 is 0 Å². The van der Waals surface area contributed by atoms with E-state index < -0.39 is 0 Å². The fourth-order valence-electron chi connectivity index (χ4n) is 2.27. The van der Waals surface area contributed by atoms with Gasteiger partial charge in [-0.25, -0.2) is 15.0 Å². The summed E-state index contributed by atoms with van der Waals surface area (Å²) in [6.45, 7) is 5.61. The molecule has 8 heteroatoms. The molecule has 0 aliphatic rings. The third-order valence-electron chi connectivity index (χ3n) is 3.93. The summed E-state index contributed by atoms with van der Waals surface area (Å²) in [5.41, 5.74) is 7.73. The predicted molar refractivity (Wildman–Crippen MR) is 117 cm³/mol. The van der Waals surface area contributed by atoms with Crippen molar-refractivity contribution >= 4 is 63.8 Å². The first kappa shape index (κ1) is 20.2. The van der Waals surface area contributed by atoms with Crippen LogP contribution in [0.2, 0.25) is 0 Å². The molecule has 0 bridgehead atoms. The maximum Gasteiger partial charge on any atom is 0.189 e. The van der Waals surface area contributed by atoms with Crippen LogP contribution in [0.15, 0.2) is 34.3 Å². The van der Waals surface area contributed by atoms with E-state index in [1.165, 1.54) is 46.2 Å². The van der Waals surface area contributed by atoms with Gasteiger partial charge in [-0.05, 0) is 51.2 Å². The third-order valence-corrected chi connectivity index (χ3v) is 6.60. The fraction of sp³-hybridized carbons (Fsp3) is 0.150. The third kappa shape index (κ3) is 4.83. The summed E-state index contributed by atoms with van der Waals surface area (Å²) in [7, 11) is 0. The van der Waals surface area contributed by atoms with Gasteiger partial charge in [-0.3, -0.25) is 9.59 Å². The Morgan fingerprint density at radius 1 is 0.714 bits per heavy atom. The van der Waals surface area contributed by atoms with E-state index in [4.69, 9.17) is 0 Å². The average Bonchev–Trinajstić information content (AvgIpc) is 3.38. The van der Waals surface area contributed by atoms with Crippen LogP contribution in [0, 0.1) is 20.8 Å². The monoisotopic (exact) mass is 427 g/mol. The van der Waals surface area contributed by atoms with E-state index in [-0.39, 0.29) is 17.1 Å². The van der Waals surface area contributed by atoms with Gasteiger partial charge in [-0.1, -0.05) is 0 Å². The quantitative estimate of drug-likeness (QED) is 0.304. The van der Waals surface area contributed by atoms with E-state index in [9.17, 15) is 9.59 Å². The van der Waals surface area contributed by atoms with E-state index in [0.29, 0.717) is 0 Å². The molecule has 3 aromatic rings. The molecule has 0 fully saturated rings. The minimum atomic E-state index is -0.351. The van der Waals surface area contributed by atoms with Crippen LogP contribution in [0.3, 0.4) is 0 Å². The highest BCUT2D eigenvalue weighted by Crippen LogP contribution is 2.20. The number of allylic oxidation sites excluding steroid dienone is 3. The molecule has 3 aromatic heterocycles. The van der Waals surface area contributed by atoms with Crippen LogP contribution in [0.5, 0.6) is 0 Å². The number of carbonyl (C=O) groups is 2. The topological polar surface area (TPSA) is 72.8 Å². The summed E-state index contributed by atoms with van der Waals surface area (Å²) in [6, 6.07) is 0. The molecule has 0 spiro atoms. The lowest BCUT2D eigenvalue weighted by molar-refractivity contribution is -0.116. The van der Waals surface area contributed by atoms with E-state index in [1.807, 2.05) is 20.8 Å². The van der Waals surface area contributed by atoms with E-state index in [2.05, 4.69) is 15.0 Å². The number of thiazole rings is 3. The first-order chi connectivity index (χ1) is 13.5. The second-order valence-electron chi connectivity index (χ2n) is 5.86. The Kier molecular flexibility index (Phi) is 6.56. The Morgan fingerprint density at radius 2 is 1.11 bits per heavy atom. The molecular weight excluding hydrogens is 410 g/mol. The number of nitrogens with zero attached hydrogens (tertiary/aromatic N) is 3. The fourth-order valence-corrected chi connectivity index (χ4v) is 4.39. The van der Waals surface area contributed by atoms with Crippen LogP contribution in [-0.2, 0) is 9.59 Å². The Labute approximate surface area is 174 Å². The maximum absolute atomic E-state index is 12.8. The molecule has 3 rings (SSSR count). The number of aryl methyl sites for hydroxylation is 3. The van der Waals surface area contributed by atoms with Crippen LogP contribution in [0.1, 0.15) is 31.7 Å². The largest absolute Gasteiger partial charge is 0.289 e. The smallest absolute Gasteiger partial charge is 0.189 e. The van der Waals surface area contributed by atoms with Crippen molar-refractivity contribution in [1.82, 2.24) is 15.0 Å². The molecule has 0 saturated heterocycles. The first-order valence-corrected chi connectivity index (χ1v) is 11.0. The molecule has 0 aliphatic carbocycles. The van der Waals surface area contributed by atoms with Gasteiger partial charge >= 0.3 is 0 Å². The Bertz CT molecular complexity index is 1040. The second kappa shape index (κ2) is 9.09. The van der Waals surface area contributed by atoms with Gasteiger partial charge in [-0.15, -0.1) is 34.0 Å². The zero-order valence-electron chi connectivity index (χ0n) is 15.5. The van der Waals surface area contributed by atoms with Crippen LogP contribution in [0.25, 0.3) is 18.2 Å². The van der Waals surface area contributed by atoms with Crippen molar-refractivity contribution < 1.29 is 9.59 Å². The molecular formula is C20H17N3O2S3. The number of ketones is 2. The molecule has 3 heterocycles. The van der Waals surface area contributed by atoms with E-state index in [1.54, 1.807) is 34.8 Å². The predicted octanol–water partition coefficient (Wildman–Crippen LogP) is 4.93. The summed E-state index contributed by atoms with van der Waals surface area (Å²) in [4.78, 5) is 40.7. The van der Waals surface area contributed by atoms with Crippen molar-refractivity contribution in [2.45, 2.75) is 20.8 Å². The van der Waals surface area contributed by atoms with Gasteiger partial charge in [0.15, 0.2) is 11.6 Å². The van der Waals surface area contributed by atoms with Crippen LogP contribution in [-0.4, -0.2) is 26.5 Å². The highest BCUT2D eigenvalue weighted by molar-refractivity contribution is 7.11. The van der Waals surface area contributed by atoms with E-state index >= 15 is 0 Å². The Morgan fingerprint density at radius 3 is 1.46 bits per heavy atom. The van der Waals surface area contributed by atoms with Gasteiger partial charge in [0.25, 0.3) is 0 Å². The summed E-state index contributed by atoms with van der Waals surface area (Å²) >= 11 is 4.29. The Balaban J connectivity index is 1.91. The van der Waals surface area contributed by atoms with Crippen molar-refractivity contribution in [3.05, 3.63) is 66.0 Å². The van der Waals surface area contributed by atoms with Gasteiger partial charge in [-0.2, -0.15) is 0 Å². The van der Waals surface area contributed by atoms with Crippen molar-refractivity contribution in [2.75, 3.05) is 0 Å². The van der Waals surface area contributed by atoms with Crippen LogP contribution >= 0.6 is 34.0 Å². The van der Waals surface area contributed by atoms with Crippen molar-refractivity contribution in [3.8, 4) is 0 Å². The molecule has 5 nitrogen and oxygen atoms in total. The molecule has 142 valence electrons.